The van der Waals surface area contributed by atoms with E-state index in [0.717, 1.165) is 23.8 Å². The maximum absolute atomic E-state index is 3.90. The first kappa shape index (κ1) is 10.5. The van der Waals surface area contributed by atoms with Crippen molar-refractivity contribution >= 4 is 11.8 Å². The van der Waals surface area contributed by atoms with E-state index in [4.69, 9.17) is 0 Å². The van der Waals surface area contributed by atoms with Gasteiger partial charge in [0.25, 0.3) is 0 Å². The Morgan fingerprint density at radius 2 is 1.53 bits per heavy atom. The monoisotopic (exact) mass is 225 g/mol. The predicted octanol–water partition coefficient (Wildman–Crippen LogP) is 2.91. The second-order valence-electron chi connectivity index (χ2n) is 5.66. The SMILES string of the molecule is C1CC(CNC(C2CC2)C2CC2)CCS1. The van der Waals surface area contributed by atoms with E-state index in [2.05, 4.69) is 17.1 Å². The maximum atomic E-state index is 3.90. The molecule has 3 fully saturated rings. The van der Waals surface area contributed by atoms with E-state index in [-0.39, 0.29) is 0 Å². The van der Waals surface area contributed by atoms with E-state index in [1.165, 1.54) is 56.6 Å². The molecule has 3 aliphatic rings. The lowest BCUT2D eigenvalue weighted by atomic mass is 10.0. The minimum atomic E-state index is 0.916. The third-order valence-corrected chi connectivity index (χ3v) is 5.29. The summed E-state index contributed by atoms with van der Waals surface area (Å²) in [5.74, 6) is 5.94. The first-order valence-corrected chi connectivity index (χ1v) is 7.90. The van der Waals surface area contributed by atoms with Crippen molar-refractivity contribution in [2.75, 3.05) is 18.1 Å². The molecule has 0 aromatic heterocycles. The maximum Gasteiger partial charge on any atom is 0.0124 e. The lowest BCUT2D eigenvalue weighted by molar-refractivity contribution is 0.360. The number of nitrogens with one attached hydrogen (secondary N) is 1. The Morgan fingerprint density at radius 3 is 2.07 bits per heavy atom. The van der Waals surface area contributed by atoms with Gasteiger partial charge in [0.2, 0.25) is 0 Å². The summed E-state index contributed by atoms with van der Waals surface area (Å²) >= 11 is 2.14. The fraction of sp³-hybridized carbons (Fsp3) is 1.00. The van der Waals surface area contributed by atoms with Crippen molar-refractivity contribution in [3.8, 4) is 0 Å². The highest BCUT2D eigenvalue weighted by molar-refractivity contribution is 7.99. The molecule has 1 saturated heterocycles. The molecule has 15 heavy (non-hydrogen) atoms. The summed E-state index contributed by atoms with van der Waals surface area (Å²) in [6, 6.07) is 0.916. The Hall–Kier alpha value is 0.310. The highest BCUT2D eigenvalue weighted by Crippen LogP contribution is 2.44. The summed E-state index contributed by atoms with van der Waals surface area (Å²) in [7, 11) is 0. The van der Waals surface area contributed by atoms with Crippen LogP contribution in [0.15, 0.2) is 0 Å². The van der Waals surface area contributed by atoms with Gasteiger partial charge in [0.05, 0.1) is 0 Å². The molecular formula is C13H23NS. The van der Waals surface area contributed by atoms with Crippen LogP contribution in [0, 0.1) is 17.8 Å². The molecule has 1 aliphatic heterocycles. The summed E-state index contributed by atoms with van der Waals surface area (Å²) in [5, 5.41) is 3.90. The van der Waals surface area contributed by atoms with Crippen molar-refractivity contribution < 1.29 is 0 Å². The zero-order valence-electron chi connectivity index (χ0n) is 9.58. The number of rotatable bonds is 5. The van der Waals surface area contributed by atoms with E-state index in [9.17, 15) is 0 Å². The molecule has 0 aromatic carbocycles. The van der Waals surface area contributed by atoms with Crippen molar-refractivity contribution in [2.24, 2.45) is 17.8 Å². The lowest BCUT2D eigenvalue weighted by Gasteiger charge is -2.25. The largest absolute Gasteiger partial charge is 0.313 e. The number of thioether (sulfide) groups is 1. The molecule has 0 radical (unpaired) electrons. The van der Waals surface area contributed by atoms with Crippen LogP contribution in [0.2, 0.25) is 0 Å². The van der Waals surface area contributed by atoms with Gasteiger partial charge >= 0.3 is 0 Å². The second kappa shape index (κ2) is 4.67. The molecule has 0 unspecified atom stereocenters. The summed E-state index contributed by atoms with van der Waals surface area (Å²) in [4.78, 5) is 0. The lowest BCUT2D eigenvalue weighted by Crippen LogP contribution is -2.37. The summed E-state index contributed by atoms with van der Waals surface area (Å²) in [5.41, 5.74) is 0. The van der Waals surface area contributed by atoms with Gasteiger partial charge in [-0.05, 0) is 74.3 Å². The van der Waals surface area contributed by atoms with E-state index in [1.54, 1.807) is 0 Å². The molecule has 1 nitrogen and oxygen atoms in total. The average Bonchev–Trinajstić information content (AvgIpc) is 3.14. The van der Waals surface area contributed by atoms with Gasteiger partial charge in [-0.25, -0.2) is 0 Å². The molecule has 2 heteroatoms. The molecule has 0 atom stereocenters. The van der Waals surface area contributed by atoms with Gasteiger partial charge in [-0.2, -0.15) is 11.8 Å². The molecule has 1 N–H and O–H groups in total. The third kappa shape index (κ3) is 2.91. The Balaban J connectivity index is 1.42. The molecule has 0 amide bonds. The topological polar surface area (TPSA) is 12.0 Å². The average molecular weight is 225 g/mol. The molecule has 0 spiro atoms. The van der Waals surface area contributed by atoms with Crippen LogP contribution < -0.4 is 5.32 Å². The highest BCUT2D eigenvalue weighted by Gasteiger charge is 2.41. The van der Waals surface area contributed by atoms with Crippen molar-refractivity contribution in [2.45, 2.75) is 44.6 Å². The first-order chi connectivity index (χ1) is 7.43. The normalized spacial score (nSPS) is 28.6. The fourth-order valence-corrected chi connectivity index (χ4v) is 4.09. The van der Waals surface area contributed by atoms with Crippen LogP contribution in [0.4, 0.5) is 0 Å². The van der Waals surface area contributed by atoms with Crippen LogP contribution >= 0.6 is 11.8 Å². The van der Waals surface area contributed by atoms with Crippen LogP contribution in [-0.2, 0) is 0 Å². The van der Waals surface area contributed by atoms with Crippen molar-refractivity contribution in [3.63, 3.8) is 0 Å². The molecule has 2 saturated carbocycles. The standard InChI is InChI=1S/C13H23NS/c1-2-11(1)13(12-3-4-12)14-9-10-5-7-15-8-6-10/h10-14H,1-9H2. The summed E-state index contributed by atoms with van der Waals surface area (Å²) in [6.07, 6.45) is 8.95. The molecular weight excluding hydrogens is 202 g/mol. The molecule has 3 rings (SSSR count). The smallest absolute Gasteiger partial charge is 0.0124 e. The molecule has 2 aliphatic carbocycles. The van der Waals surface area contributed by atoms with E-state index in [0.29, 0.717) is 0 Å². The zero-order valence-corrected chi connectivity index (χ0v) is 10.4. The number of hydrogen-bond acceptors (Lipinski definition) is 2. The molecule has 1 heterocycles. The first-order valence-electron chi connectivity index (χ1n) is 6.74. The third-order valence-electron chi connectivity index (χ3n) is 4.24. The summed E-state index contributed by atoms with van der Waals surface area (Å²) < 4.78 is 0. The Bertz CT molecular complexity index is 193. The van der Waals surface area contributed by atoms with E-state index >= 15 is 0 Å². The van der Waals surface area contributed by atoms with Gasteiger partial charge in [0.1, 0.15) is 0 Å². The quantitative estimate of drug-likeness (QED) is 0.772. The number of hydrogen-bond donors (Lipinski definition) is 1. The van der Waals surface area contributed by atoms with Crippen LogP contribution in [0.1, 0.15) is 38.5 Å². The van der Waals surface area contributed by atoms with Crippen molar-refractivity contribution in [1.82, 2.24) is 5.32 Å². The predicted molar refractivity (Wildman–Crippen MR) is 67.3 cm³/mol. The van der Waals surface area contributed by atoms with Crippen molar-refractivity contribution in [1.29, 1.82) is 0 Å². The van der Waals surface area contributed by atoms with Crippen LogP contribution in [-0.4, -0.2) is 24.1 Å². The minimum absolute atomic E-state index is 0.916. The van der Waals surface area contributed by atoms with Gasteiger partial charge in [-0.1, -0.05) is 0 Å². The Labute approximate surface area is 97.8 Å². The Kier molecular flexibility index (Phi) is 3.25. The fourth-order valence-electron chi connectivity index (χ4n) is 2.88. The molecule has 0 bridgehead atoms. The summed E-state index contributed by atoms with van der Waals surface area (Å²) in [6.45, 7) is 1.32. The van der Waals surface area contributed by atoms with Gasteiger partial charge in [0, 0.05) is 6.04 Å². The minimum Gasteiger partial charge on any atom is -0.313 e. The van der Waals surface area contributed by atoms with E-state index in [1.807, 2.05) is 0 Å². The molecule has 0 aromatic rings. The van der Waals surface area contributed by atoms with Crippen LogP contribution in [0.25, 0.3) is 0 Å². The molecule has 86 valence electrons. The van der Waals surface area contributed by atoms with Gasteiger partial charge in [-0.3, -0.25) is 0 Å². The highest BCUT2D eigenvalue weighted by atomic mass is 32.2. The zero-order chi connectivity index (χ0) is 10.1. The van der Waals surface area contributed by atoms with Crippen LogP contribution in [0.3, 0.4) is 0 Å². The van der Waals surface area contributed by atoms with Gasteiger partial charge in [0.15, 0.2) is 0 Å². The van der Waals surface area contributed by atoms with Crippen LogP contribution in [0.5, 0.6) is 0 Å². The van der Waals surface area contributed by atoms with Crippen molar-refractivity contribution in [3.05, 3.63) is 0 Å². The Morgan fingerprint density at radius 1 is 0.933 bits per heavy atom. The van der Waals surface area contributed by atoms with Gasteiger partial charge < -0.3 is 5.32 Å². The van der Waals surface area contributed by atoms with Gasteiger partial charge in [-0.15, -0.1) is 0 Å². The van der Waals surface area contributed by atoms with E-state index < -0.39 is 0 Å². The second-order valence-corrected chi connectivity index (χ2v) is 6.89.